The van der Waals surface area contributed by atoms with Crippen molar-refractivity contribution in [3.63, 3.8) is 0 Å². The molecule has 0 bridgehead atoms. The first-order valence-corrected chi connectivity index (χ1v) is 9.33. The van der Waals surface area contributed by atoms with Crippen LogP contribution < -0.4 is 0 Å². The molecule has 1 aliphatic heterocycles. The molecule has 0 radical (unpaired) electrons. The molecule has 2 rings (SSSR count). The molecule has 22 heavy (non-hydrogen) atoms. The maximum atomic E-state index is 12.7. The second kappa shape index (κ2) is 7.54. The summed E-state index contributed by atoms with van der Waals surface area (Å²) in [6.07, 6.45) is 4.10. The van der Waals surface area contributed by atoms with Gasteiger partial charge in [-0.2, -0.15) is 11.8 Å². The highest BCUT2D eigenvalue weighted by Crippen LogP contribution is 2.28. The van der Waals surface area contributed by atoms with Crippen LogP contribution in [0.25, 0.3) is 0 Å². The molecule has 0 spiro atoms. The van der Waals surface area contributed by atoms with E-state index >= 15 is 0 Å². The second-order valence-electron chi connectivity index (χ2n) is 7.33. The molecule has 0 aromatic heterocycles. The van der Waals surface area contributed by atoms with Crippen molar-refractivity contribution in [2.75, 3.05) is 12.3 Å². The predicted octanol–water partition coefficient (Wildman–Crippen LogP) is 4.45. The monoisotopic (exact) mass is 319 g/mol. The van der Waals surface area contributed by atoms with E-state index in [-0.39, 0.29) is 4.75 Å². The molecule has 1 heterocycles. The van der Waals surface area contributed by atoms with Gasteiger partial charge in [-0.05, 0) is 31.7 Å². The van der Waals surface area contributed by atoms with Crippen LogP contribution in [0.5, 0.6) is 0 Å². The SMILES string of the molecule is Cc1cccc(CC(=O)N2CCCCC2CSC(C)(C)C)c1. The van der Waals surface area contributed by atoms with Crippen molar-refractivity contribution in [3.05, 3.63) is 35.4 Å². The average molecular weight is 320 g/mol. The molecule has 0 N–H and O–H groups in total. The van der Waals surface area contributed by atoms with Crippen LogP contribution >= 0.6 is 11.8 Å². The van der Waals surface area contributed by atoms with Crippen LogP contribution in [0.15, 0.2) is 24.3 Å². The van der Waals surface area contributed by atoms with Gasteiger partial charge in [-0.1, -0.05) is 50.6 Å². The number of likely N-dealkylation sites (tertiary alicyclic amines) is 1. The van der Waals surface area contributed by atoms with Crippen molar-refractivity contribution in [2.24, 2.45) is 0 Å². The lowest BCUT2D eigenvalue weighted by Crippen LogP contribution is -2.46. The van der Waals surface area contributed by atoms with Crippen molar-refractivity contribution in [2.45, 2.75) is 64.2 Å². The van der Waals surface area contributed by atoms with E-state index < -0.39 is 0 Å². The van der Waals surface area contributed by atoms with Gasteiger partial charge in [0, 0.05) is 23.1 Å². The van der Waals surface area contributed by atoms with Crippen LogP contribution in [-0.2, 0) is 11.2 Å². The number of thioether (sulfide) groups is 1. The Bertz CT molecular complexity index is 506. The maximum Gasteiger partial charge on any atom is 0.227 e. The van der Waals surface area contributed by atoms with Gasteiger partial charge in [0.2, 0.25) is 5.91 Å². The molecule has 2 nitrogen and oxygen atoms in total. The zero-order valence-electron chi connectivity index (χ0n) is 14.4. The lowest BCUT2D eigenvalue weighted by Gasteiger charge is -2.37. The third kappa shape index (κ3) is 5.35. The van der Waals surface area contributed by atoms with Crippen LogP contribution in [0.2, 0.25) is 0 Å². The standard InChI is InChI=1S/C19H29NOS/c1-15-8-7-9-16(12-15)13-18(21)20-11-6-5-10-17(20)14-22-19(2,3)4/h7-9,12,17H,5-6,10-11,13-14H2,1-4H3. The maximum absolute atomic E-state index is 12.7. The molecule has 1 aromatic rings. The van der Waals surface area contributed by atoms with E-state index in [4.69, 9.17) is 0 Å². The Kier molecular flexibility index (Phi) is 5.96. The topological polar surface area (TPSA) is 20.3 Å². The quantitative estimate of drug-likeness (QED) is 0.817. The van der Waals surface area contributed by atoms with Gasteiger partial charge in [0.05, 0.1) is 6.42 Å². The van der Waals surface area contributed by atoms with E-state index in [0.29, 0.717) is 18.4 Å². The normalized spacial score (nSPS) is 19.3. The summed E-state index contributed by atoms with van der Waals surface area (Å²) in [5.74, 6) is 1.35. The Labute approximate surface area is 139 Å². The molecule has 1 atom stereocenters. The Hall–Kier alpha value is -0.960. The number of benzene rings is 1. The minimum absolute atomic E-state index is 0.267. The summed E-state index contributed by atoms with van der Waals surface area (Å²) >= 11 is 1.98. The Morgan fingerprint density at radius 3 is 2.77 bits per heavy atom. The number of hydrogen-bond acceptors (Lipinski definition) is 2. The summed E-state index contributed by atoms with van der Waals surface area (Å²) in [7, 11) is 0. The third-order valence-corrected chi connectivity index (χ3v) is 5.51. The van der Waals surface area contributed by atoms with Gasteiger partial charge in [0.15, 0.2) is 0 Å². The van der Waals surface area contributed by atoms with Gasteiger partial charge in [-0.3, -0.25) is 4.79 Å². The van der Waals surface area contributed by atoms with Crippen molar-refractivity contribution in [1.82, 2.24) is 4.90 Å². The number of amides is 1. The molecule has 1 unspecified atom stereocenters. The lowest BCUT2D eigenvalue weighted by atomic mass is 10.0. The Balaban J connectivity index is 1.98. The van der Waals surface area contributed by atoms with Gasteiger partial charge in [0.1, 0.15) is 0 Å². The Morgan fingerprint density at radius 2 is 2.09 bits per heavy atom. The predicted molar refractivity (Wildman–Crippen MR) is 96.4 cm³/mol. The van der Waals surface area contributed by atoms with E-state index in [1.54, 1.807) is 0 Å². The van der Waals surface area contributed by atoms with E-state index in [1.165, 1.54) is 12.0 Å². The number of piperidine rings is 1. The number of carbonyl (C=O) groups excluding carboxylic acids is 1. The van der Waals surface area contributed by atoms with E-state index in [0.717, 1.165) is 30.7 Å². The van der Waals surface area contributed by atoms with Crippen molar-refractivity contribution >= 4 is 17.7 Å². The lowest BCUT2D eigenvalue weighted by molar-refractivity contribution is -0.133. The summed E-state index contributed by atoms with van der Waals surface area (Å²) in [5.41, 5.74) is 2.36. The highest BCUT2D eigenvalue weighted by molar-refractivity contribution is 8.00. The van der Waals surface area contributed by atoms with Gasteiger partial charge in [-0.15, -0.1) is 0 Å². The van der Waals surface area contributed by atoms with Crippen molar-refractivity contribution in [3.8, 4) is 0 Å². The number of aryl methyl sites for hydroxylation is 1. The molecule has 1 aliphatic rings. The zero-order chi connectivity index (χ0) is 16.2. The summed E-state index contributed by atoms with van der Waals surface area (Å²) in [5, 5.41) is 0. The minimum atomic E-state index is 0.267. The second-order valence-corrected chi connectivity index (χ2v) is 9.17. The summed E-state index contributed by atoms with van der Waals surface area (Å²) < 4.78 is 0.267. The van der Waals surface area contributed by atoms with Crippen LogP contribution in [0, 0.1) is 6.92 Å². The highest BCUT2D eigenvalue weighted by Gasteiger charge is 2.27. The molecule has 1 saturated heterocycles. The molecular weight excluding hydrogens is 290 g/mol. The smallest absolute Gasteiger partial charge is 0.227 e. The first kappa shape index (κ1) is 17.4. The van der Waals surface area contributed by atoms with Crippen molar-refractivity contribution < 1.29 is 4.79 Å². The average Bonchev–Trinajstić information content (AvgIpc) is 2.44. The van der Waals surface area contributed by atoms with Crippen molar-refractivity contribution in [1.29, 1.82) is 0 Å². The van der Waals surface area contributed by atoms with E-state index in [1.807, 2.05) is 17.8 Å². The number of nitrogens with zero attached hydrogens (tertiary/aromatic N) is 1. The molecule has 0 aliphatic carbocycles. The zero-order valence-corrected chi connectivity index (χ0v) is 15.2. The fourth-order valence-corrected chi connectivity index (χ4v) is 3.99. The first-order chi connectivity index (χ1) is 10.3. The molecule has 1 amide bonds. The molecule has 0 saturated carbocycles. The van der Waals surface area contributed by atoms with Gasteiger partial charge in [0.25, 0.3) is 0 Å². The highest BCUT2D eigenvalue weighted by atomic mass is 32.2. The first-order valence-electron chi connectivity index (χ1n) is 8.34. The number of carbonyl (C=O) groups is 1. The van der Waals surface area contributed by atoms with Crippen LogP contribution in [0.3, 0.4) is 0 Å². The minimum Gasteiger partial charge on any atom is -0.339 e. The number of rotatable bonds is 4. The largest absolute Gasteiger partial charge is 0.339 e. The number of hydrogen-bond donors (Lipinski definition) is 0. The molecule has 1 aromatic carbocycles. The fraction of sp³-hybridized carbons (Fsp3) is 0.632. The summed E-state index contributed by atoms with van der Waals surface area (Å²) in [6, 6.07) is 8.73. The van der Waals surface area contributed by atoms with Crippen LogP contribution in [-0.4, -0.2) is 33.9 Å². The molecule has 1 fully saturated rings. The van der Waals surface area contributed by atoms with Gasteiger partial charge < -0.3 is 4.90 Å². The third-order valence-electron chi connectivity index (χ3n) is 4.09. The fourth-order valence-electron chi connectivity index (χ4n) is 2.95. The summed E-state index contributed by atoms with van der Waals surface area (Å²) in [6.45, 7) is 9.76. The van der Waals surface area contributed by atoms with E-state index in [2.05, 4.69) is 50.8 Å². The van der Waals surface area contributed by atoms with Gasteiger partial charge >= 0.3 is 0 Å². The van der Waals surface area contributed by atoms with E-state index in [9.17, 15) is 4.79 Å². The van der Waals surface area contributed by atoms with Gasteiger partial charge in [-0.25, -0.2) is 0 Å². The summed E-state index contributed by atoms with van der Waals surface area (Å²) in [4.78, 5) is 14.9. The Morgan fingerprint density at radius 1 is 1.32 bits per heavy atom. The van der Waals surface area contributed by atoms with Crippen LogP contribution in [0.4, 0.5) is 0 Å². The molecular formula is C19H29NOS. The molecule has 3 heteroatoms. The molecule has 122 valence electrons. The van der Waals surface area contributed by atoms with Crippen LogP contribution in [0.1, 0.15) is 51.2 Å².